The molecule has 2 aromatic carbocycles. The second-order valence-electron chi connectivity index (χ2n) is 6.16. The Kier molecular flexibility index (Phi) is 7.59. The normalized spacial score (nSPS) is 10.2. The molecule has 0 spiro atoms. The first-order chi connectivity index (χ1) is 13.8. The first kappa shape index (κ1) is 21.7. The van der Waals surface area contributed by atoms with E-state index in [4.69, 9.17) is 4.74 Å². The lowest BCUT2D eigenvalue weighted by Gasteiger charge is -2.10. The van der Waals surface area contributed by atoms with Gasteiger partial charge in [0.05, 0.1) is 19.1 Å². The molecule has 0 atom stereocenters. The number of esters is 2. The third kappa shape index (κ3) is 6.53. The standard InChI is InChI=1S/C21H20FNO6/c1-13-3-4-15(21(27)28-2)11-17(13)23-19(25)12-29-20(26)10-9-18(24)14-5-7-16(22)8-6-14/h3-8,11H,9-10,12H2,1-2H3,(H,23,25). The van der Waals surface area contributed by atoms with Gasteiger partial charge in [-0.15, -0.1) is 0 Å². The number of ketones is 1. The van der Waals surface area contributed by atoms with Crippen molar-refractivity contribution in [2.24, 2.45) is 0 Å². The summed E-state index contributed by atoms with van der Waals surface area (Å²) in [5.41, 5.74) is 1.66. The molecule has 7 nitrogen and oxygen atoms in total. The van der Waals surface area contributed by atoms with Gasteiger partial charge in [0, 0.05) is 17.7 Å². The zero-order valence-corrected chi connectivity index (χ0v) is 16.0. The monoisotopic (exact) mass is 401 g/mol. The molecular weight excluding hydrogens is 381 g/mol. The first-order valence-electron chi connectivity index (χ1n) is 8.73. The maximum atomic E-state index is 12.9. The van der Waals surface area contributed by atoms with E-state index in [-0.39, 0.29) is 29.8 Å². The van der Waals surface area contributed by atoms with Crippen LogP contribution < -0.4 is 5.32 Å². The Hall–Kier alpha value is -3.55. The van der Waals surface area contributed by atoms with Crippen LogP contribution in [0.3, 0.4) is 0 Å². The molecule has 0 aromatic heterocycles. The predicted octanol–water partition coefficient (Wildman–Crippen LogP) is 3.07. The second kappa shape index (κ2) is 10.1. The fraction of sp³-hybridized carbons (Fsp3) is 0.238. The van der Waals surface area contributed by atoms with E-state index in [1.54, 1.807) is 19.1 Å². The number of nitrogens with one attached hydrogen (secondary N) is 1. The summed E-state index contributed by atoms with van der Waals surface area (Å²) >= 11 is 0. The lowest BCUT2D eigenvalue weighted by atomic mass is 10.1. The molecule has 0 unspecified atom stereocenters. The number of ether oxygens (including phenoxy) is 2. The van der Waals surface area contributed by atoms with Gasteiger partial charge in [-0.05, 0) is 48.9 Å². The van der Waals surface area contributed by atoms with E-state index in [0.717, 1.165) is 12.1 Å². The zero-order chi connectivity index (χ0) is 21.4. The van der Waals surface area contributed by atoms with Crippen molar-refractivity contribution in [3.63, 3.8) is 0 Å². The summed E-state index contributed by atoms with van der Waals surface area (Å²) in [5.74, 6) is -2.64. The minimum atomic E-state index is -0.712. The Bertz CT molecular complexity index is 923. The van der Waals surface area contributed by atoms with Gasteiger partial charge < -0.3 is 14.8 Å². The molecule has 2 rings (SSSR count). The molecular formula is C21H20FNO6. The summed E-state index contributed by atoms with van der Waals surface area (Å²) in [6.45, 7) is 1.20. The number of carbonyl (C=O) groups is 4. The van der Waals surface area contributed by atoms with Crippen molar-refractivity contribution in [3.8, 4) is 0 Å². The number of hydrogen-bond acceptors (Lipinski definition) is 6. The number of benzene rings is 2. The average Bonchev–Trinajstić information content (AvgIpc) is 2.72. The molecule has 0 aliphatic rings. The van der Waals surface area contributed by atoms with E-state index >= 15 is 0 Å². The van der Waals surface area contributed by atoms with Crippen molar-refractivity contribution in [2.75, 3.05) is 19.0 Å². The number of carbonyl (C=O) groups excluding carboxylic acids is 4. The highest BCUT2D eigenvalue weighted by atomic mass is 19.1. The molecule has 29 heavy (non-hydrogen) atoms. The lowest BCUT2D eigenvalue weighted by Crippen LogP contribution is -2.21. The molecule has 0 fully saturated rings. The van der Waals surface area contributed by atoms with E-state index in [1.165, 1.54) is 25.3 Å². The predicted molar refractivity (Wildman–Crippen MR) is 102 cm³/mol. The van der Waals surface area contributed by atoms with Crippen molar-refractivity contribution >= 4 is 29.3 Å². The molecule has 152 valence electrons. The molecule has 0 heterocycles. The highest BCUT2D eigenvalue weighted by molar-refractivity contribution is 5.98. The van der Waals surface area contributed by atoms with Crippen LogP contribution >= 0.6 is 0 Å². The van der Waals surface area contributed by atoms with Gasteiger partial charge in [-0.1, -0.05) is 6.07 Å². The van der Waals surface area contributed by atoms with E-state index in [1.807, 2.05) is 0 Å². The van der Waals surface area contributed by atoms with Crippen LogP contribution in [0.15, 0.2) is 42.5 Å². The van der Waals surface area contributed by atoms with Crippen LogP contribution in [0.25, 0.3) is 0 Å². The van der Waals surface area contributed by atoms with Crippen LogP contribution in [0.5, 0.6) is 0 Å². The van der Waals surface area contributed by atoms with Gasteiger partial charge in [-0.25, -0.2) is 9.18 Å². The maximum absolute atomic E-state index is 12.9. The largest absolute Gasteiger partial charge is 0.465 e. The summed E-state index contributed by atoms with van der Waals surface area (Å²) in [4.78, 5) is 47.3. The number of Topliss-reactive ketones (excluding diaryl/α,β-unsaturated/α-hetero) is 1. The zero-order valence-electron chi connectivity index (χ0n) is 16.0. The smallest absolute Gasteiger partial charge is 0.337 e. The SMILES string of the molecule is COC(=O)c1ccc(C)c(NC(=O)COC(=O)CCC(=O)c2ccc(F)cc2)c1. The van der Waals surface area contributed by atoms with Crippen LogP contribution in [-0.4, -0.2) is 37.3 Å². The molecule has 0 radical (unpaired) electrons. The molecule has 8 heteroatoms. The molecule has 0 saturated carbocycles. The molecule has 0 aliphatic carbocycles. The minimum Gasteiger partial charge on any atom is -0.465 e. The summed E-state index contributed by atoms with van der Waals surface area (Å²) < 4.78 is 22.4. The number of halogens is 1. The molecule has 2 aromatic rings. The number of rotatable bonds is 8. The number of hydrogen-bond donors (Lipinski definition) is 1. The van der Waals surface area contributed by atoms with Gasteiger partial charge >= 0.3 is 11.9 Å². The lowest BCUT2D eigenvalue weighted by molar-refractivity contribution is -0.147. The fourth-order valence-corrected chi connectivity index (χ4v) is 2.40. The van der Waals surface area contributed by atoms with Crippen molar-refractivity contribution in [3.05, 3.63) is 65.0 Å². The van der Waals surface area contributed by atoms with Crippen LogP contribution in [0, 0.1) is 12.7 Å². The molecule has 1 amide bonds. The van der Waals surface area contributed by atoms with E-state index in [2.05, 4.69) is 10.1 Å². The number of anilines is 1. The third-order valence-corrected chi connectivity index (χ3v) is 4.02. The van der Waals surface area contributed by atoms with Crippen molar-refractivity contribution in [1.29, 1.82) is 0 Å². The van der Waals surface area contributed by atoms with E-state index < -0.39 is 30.3 Å². The van der Waals surface area contributed by atoms with E-state index in [9.17, 15) is 23.6 Å². The van der Waals surface area contributed by atoms with E-state index in [0.29, 0.717) is 11.3 Å². The summed E-state index contributed by atoms with van der Waals surface area (Å²) in [5, 5.41) is 2.55. The second-order valence-corrected chi connectivity index (χ2v) is 6.16. The third-order valence-electron chi connectivity index (χ3n) is 4.02. The topological polar surface area (TPSA) is 98.8 Å². The highest BCUT2D eigenvalue weighted by Crippen LogP contribution is 2.17. The van der Waals surface area contributed by atoms with Gasteiger partial charge in [0.25, 0.3) is 5.91 Å². The minimum absolute atomic E-state index is 0.119. The number of amides is 1. The van der Waals surface area contributed by atoms with Gasteiger partial charge in [0.2, 0.25) is 0 Å². The molecule has 0 saturated heterocycles. The Morgan fingerprint density at radius 2 is 1.62 bits per heavy atom. The van der Waals surface area contributed by atoms with Crippen molar-refractivity contribution in [1.82, 2.24) is 0 Å². The van der Waals surface area contributed by atoms with Crippen LogP contribution in [0.2, 0.25) is 0 Å². The summed E-state index contributed by atoms with van der Waals surface area (Å²) in [7, 11) is 1.25. The van der Waals surface area contributed by atoms with Crippen LogP contribution in [-0.2, 0) is 19.1 Å². The van der Waals surface area contributed by atoms with Crippen molar-refractivity contribution < 1.29 is 33.0 Å². The fourth-order valence-electron chi connectivity index (χ4n) is 2.40. The van der Waals surface area contributed by atoms with Crippen LogP contribution in [0.1, 0.15) is 39.1 Å². The summed E-state index contributed by atoms with van der Waals surface area (Å²) in [6, 6.07) is 9.66. The number of methoxy groups -OCH3 is 1. The quantitative estimate of drug-likeness (QED) is 0.539. The molecule has 0 bridgehead atoms. The Morgan fingerprint density at radius 1 is 0.966 bits per heavy atom. The summed E-state index contributed by atoms with van der Waals surface area (Å²) in [6.07, 6.45) is -0.327. The van der Waals surface area contributed by atoms with Gasteiger partial charge in [-0.3, -0.25) is 14.4 Å². The van der Waals surface area contributed by atoms with Gasteiger partial charge in [-0.2, -0.15) is 0 Å². The highest BCUT2D eigenvalue weighted by Gasteiger charge is 2.14. The Morgan fingerprint density at radius 3 is 2.28 bits per heavy atom. The first-order valence-corrected chi connectivity index (χ1v) is 8.73. The maximum Gasteiger partial charge on any atom is 0.337 e. The Labute approximate surface area is 166 Å². The van der Waals surface area contributed by atoms with Crippen molar-refractivity contribution in [2.45, 2.75) is 19.8 Å². The molecule has 1 N–H and O–H groups in total. The van der Waals surface area contributed by atoms with Gasteiger partial charge in [0.1, 0.15) is 5.82 Å². The number of aryl methyl sites for hydroxylation is 1. The average molecular weight is 401 g/mol. The Balaban J connectivity index is 1.81. The van der Waals surface area contributed by atoms with Crippen LogP contribution in [0.4, 0.5) is 10.1 Å². The molecule has 0 aliphatic heterocycles. The van der Waals surface area contributed by atoms with Gasteiger partial charge in [0.15, 0.2) is 12.4 Å².